The summed E-state index contributed by atoms with van der Waals surface area (Å²) in [4.78, 5) is 0. The number of aliphatic hydroxyl groups excluding tert-OH is 1. The maximum absolute atomic E-state index is 9.57. The molecule has 1 aromatic heterocycles. The molecule has 0 amide bonds. The molecule has 21 heavy (non-hydrogen) atoms. The predicted octanol–water partition coefficient (Wildman–Crippen LogP) is 3.20. The van der Waals surface area contributed by atoms with Gasteiger partial charge in [0.15, 0.2) is 0 Å². The Kier molecular flexibility index (Phi) is 3.88. The third-order valence-corrected chi connectivity index (χ3v) is 3.58. The van der Waals surface area contributed by atoms with Crippen LogP contribution in [-0.4, -0.2) is 15.3 Å². The third kappa shape index (κ3) is 2.76. The summed E-state index contributed by atoms with van der Waals surface area (Å²) in [6.07, 6.45) is 0.881. The number of aromatic nitrogens is 2. The van der Waals surface area contributed by atoms with E-state index in [2.05, 4.69) is 17.1 Å². The second-order valence-electron chi connectivity index (χ2n) is 4.97. The molecule has 0 saturated heterocycles. The number of aryl methyl sites for hydroxylation is 1. The van der Waals surface area contributed by atoms with E-state index >= 15 is 0 Å². The quantitative estimate of drug-likeness (QED) is 0.755. The lowest BCUT2D eigenvalue weighted by atomic mass is 10.1. The van der Waals surface area contributed by atoms with Gasteiger partial charge in [0.1, 0.15) is 12.4 Å². The molecule has 0 fully saturated rings. The number of nitrogens with zero attached hydrogens (tertiary/aromatic N) is 1. The summed E-state index contributed by atoms with van der Waals surface area (Å²) >= 11 is 0. The van der Waals surface area contributed by atoms with Crippen molar-refractivity contribution in [1.82, 2.24) is 10.2 Å². The van der Waals surface area contributed by atoms with E-state index in [0.29, 0.717) is 12.4 Å². The fourth-order valence-electron chi connectivity index (χ4n) is 2.40. The first-order chi connectivity index (χ1) is 10.3. The van der Waals surface area contributed by atoms with Crippen molar-refractivity contribution in [3.05, 3.63) is 59.3 Å². The molecule has 2 aromatic carbocycles. The minimum atomic E-state index is -0.0472. The molecule has 4 heteroatoms. The van der Waals surface area contributed by atoms with E-state index in [1.165, 1.54) is 0 Å². The normalized spacial score (nSPS) is 11.0. The highest BCUT2D eigenvalue weighted by Crippen LogP contribution is 2.27. The number of fused-ring (bicyclic) bond motifs is 1. The second-order valence-corrected chi connectivity index (χ2v) is 4.97. The number of nitrogens with one attached hydrogen (secondary N) is 1. The van der Waals surface area contributed by atoms with Crippen LogP contribution in [0, 0.1) is 0 Å². The van der Waals surface area contributed by atoms with Crippen molar-refractivity contribution in [3.63, 3.8) is 0 Å². The van der Waals surface area contributed by atoms with Crippen molar-refractivity contribution in [2.45, 2.75) is 26.6 Å². The minimum absolute atomic E-state index is 0.0472. The monoisotopic (exact) mass is 282 g/mol. The van der Waals surface area contributed by atoms with Gasteiger partial charge in [-0.05, 0) is 18.1 Å². The van der Waals surface area contributed by atoms with Gasteiger partial charge in [0, 0.05) is 22.7 Å². The van der Waals surface area contributed by atoms with Crippen LogP contribution in [0.4, 0.5) is 0 Å². The van der Waals surface area contributed by atoms with Crippen molar-refractivity contribution in [3.8, 4) is 5.75 Å². The van der Waals surface area contributed by atoms with Gasteiger partial charge in [0.05, 0.1) is 12.1 Å². The van der Waals surface area contributed by atoms with Crippen molar-refractivity contribution in [2.24, 2.45) is 0 Å². The van der Waals surface area contributed by atoms with Crippen molar-refractivity contribution >= 4 is 10.9 Å². The largest absolute Gasteiger partial charge is 0.488 e. The summed E-state index contributed by atoms with van der Waals surface area (Å²) in [5.41, 5.74) is 3.83. The van der Waals surface area contributed by atoms with Crippen LogP contribution in [0.3, 0.4) is 0 Å². The lowest BCUT2D eigenvalue weighted by Crippen LogP contribution is -1.99. The van der Waals surface area contributed by atoms with Gasteiger partial charge in [-0.25, -0.2) is 0 Å². The van der Waals surface area contributed by atoms with Crippen molar-refractivity contribution in [2.75, 3.05) is 0 Å². The number of hydrogen-bond donors (Lipinski definition) is 2. The SMILES string of the molecule is CCc1[nH]nc2cc(OCc3ccccc3)c(CO)cc12. The zero-order chi connectivity index (χ0) is 14.7. The lowest BCUT2D eigenvalue weighted by Gasteiger charge is -2.10. The third-order valence-electron chi connectivity index (χ3n) is 3.58. The van der Waals surface area contributed by atoms with E-state index in [-0.39, 0.29) is 6.61 Å². The molecule has 0 aliphatic heterocycles. The van der Waals surface area contributed by atoms with Crippen LogP contribution in [0.25, 0.3) is 10.9 Å². The van der Waals surface area contributed by atoms with Crippen LogP contribution in [0.15, 0.2) is 42.5 Å². The smallest absolute Gasteiger partial charge is 0.127 e. The van der Waals surface area contributed by atoms with Crippen molar-refractivity contribution in [1.29, 1.82) is 0 Å². The Hall–Kier alpha value is -2.33. The topological polar surface area (TPSA) is 58.1 Å². The number of H-pyrrole nitrogens is 1. The van der Waals surface area contributed by atoms with Gasteiger partial charge in [-0.2, -0.15) is 5.10 Å². The molecule has 3 rings (SSSR count). The highest BCUT2D eigenvalue weighted by molar-refractivity contribution is 5.84. The Labute approximate surface area is 123 Å². The van der Waals surface area contributed by atoms with E-state index in [9.17, 15) is 5.11 Å². The number of aromatic amines is 1. The van der Waals surface area contributed by atoms with Gasteiger partial charge in [0.25, 0.3) is 0 Å². The minimum Gasteiger partial charge on any atom is -0.488 e. The summed E-state index contributed by atoms with van der Waals surface area (Å²) in [6, 6.07) is 13.8. The van der Waals surface area contributed by atoms with Crippen LogP contribution in [-0.2, 0) is 19.6 Å². The molecule has 0 saturated carbocycles. The first kappa shape index (κ1) is 13.6. The van der Waals surface area contributed by atoms with E-state index in [1.54, 1.807) is 0 Å². The molecule has 1 heterocycles. The molecule has 4 nitrogen and oxygen atoms in total. The molecule has 0 unspecified atom stereocenters. The summed E-state index contributed by atoms with van der Waals surface area (Å²) in [7, 11) is 0. The maximum Gasteiger partial charge on any atom is 0.127 e. The zero-order valence-corrected chi connectivity index (χ0v) is 12.0. The molecule has 0 bridgehead atoms. The van der Waals surface area contributed by atoms with Crippen LogP contribution in [0.1, 0.15) is 23.7 Å². The molecule has 0 aliphatic carbocycles. The van der Waals surface area contributed by atoms with Crippen LogP contribution >= 0.6 is 0 Å². The number of aliphatic hydroxyl groups is 1. The molecule has 0 atom stereocenters. The fourth-order valence-corrected chi connectivity index (χ4v) is 2.40. The average molecular weight is 282 g/mol. The Morgan fingerprint density at radius 3 is 2.71 bits per heavy atom. The number of benzene rings is 2. The van der Waals surface area contributed by atoms with E-state index < -0.39 is 0 Å². The predicted molar refractivity (Wildman–Crippen MR) is 82.2 cm³/mol. The van der Waals surface area contributed by atoms with Crippen molar-refractivity contribution < 1.29 is 9.84 Å². The first-order valence-corrected chi connectivity index (χ1v) is 7.09. The van der Waals surface area contributed by atoms with Gasteiger partial charge in [-0.3, -0.25) is 5.10 Å². The summed E-state index contributed by atoms with van der Waals surface area (Å²) in [6.45, 7) is 2.50. The summed E-state index contributed by atoms with van der Waals surface area (Å²) in [5.74, 6) is 0.683. The Morgan fingerprint density at radius 2 is 2.00 bits per heavy atom. The van der Waals surface area contributed by atoms with Gasteiger partial charge in [0.2, 0.25) is 0 Å². The lowest BCUT2D eigenvalue weighted by molar-refractivity contribution is 0.259. The number of ether oxygens (including phenoxy) is 1. The van der Waals surface area contributed by atoms with Gasteiger partial charge in [-0.15, -0.1) is 0 Å². The van der Waals surface area contributed by atoms with Gasteiger partial charge in [-0.1, -0.05) is 37.3 Å². The average Bonchev–Trinajstić information content (AvgIpc) is 2.94. The van der Waals surface area contributed by atoms with Crippen LogP contribution < -0.4 is 4.74 Å². The summed E-state index contributed by atoms with van der Waals surface area (Å²) in [5, 5.41) is 17.9. The molecular formula is C17H18N2O2. The van der Waals surface area contributed by atoms with Gasteiger partial charge < -0.3 is 9.84 Å². The van der Waals surface area contributed by atoms with E-state index in [0.717, 1.165) is 34.1 Å². The van der Waals surface area contributed by atoms with Crippen LogP contribution in [0.5, 0.6) is 5.75 Å². The molecule has 0 spiro atoms. The Balaban J connectivity index is 1.90. The van der Waals surface area contributed by atoms with Gasteiger partial charge >= 0.3 is 0 Å². The Bertz CT molecular complexity index is 735. The molecular weight excluding hydrogens is 264 g/mol. The molecule has 2 N–H and O–H groups in total. The molecule has 108 valence electrons. The molecule has 3 aromatic rings. The fraction of sp³-hybridized carbons (Fsp3) is 0.235. The summed E-state index contributed by atoms with van der Waals surface area (Å²) < 4.78 is 5.85. The van der Waals surface area contributed by atoms with Crippen LogP contribution in [0.2, 0.25) is 0 Å². The zero-order valence-electron chi connectivity index (χ0n) is 12.0. The molecule has 0 radical (unpaired) electrons. The number of rotatable bonds is 5. The van der Waals surface area contributed by atoms with E-state index in [1.807, 2.05) is 42.5 Å². The first-order valence-electron chi connectivity index (χ1n) is 7.09. The maximum atomic E-state index is 9.57. The second kappa shape index (κ2) is 5.97. The number of hydrogen-bond acceptors (Lipinski definition) is 3. The Morgan fingerprint density at radius 1 is 1.19 bits per heavy atom. The highest BCUT2D eigenvalue weighted by Gasteiger charge is 2.10. The standard InChI is InChI=1S/C17H18N2O2/c1-2-15-14-8-13(10-20)17(9-16(14)19-18-15)21-11-12-6-4-3-5-7-12/h3-9,20H,2,10-11H2,1H3,(H,18,19). The molecule has 0 aliphatic rings. The van der Waals surface area contributed by atoms with E-state index in [4.69, 9.17) is 4.74 Å². The highest BCUT2D eigenvalue weighted by atomic mass is 16.5.